The van der Waals surface area contributed by atoms with E-state index in [1.165, 1.54) is 17.8 Å². The Morgan fingerprint density at radius 1 is 1.17 bits per heavy atom. The lowest BCUT2D eigenvalue weighted by Crippen LogP contribution is -1.95. The second kappa shape index (κ2) is 9.89. The number of hydrogen-bond acceptors (Lipinski definition) is 5. The van der Waals surface area contributed by atoms with E-state index < -0.39 is 4.92 Å². The lowest BCUT2D eigenvalue weighted by atomic mass is 10.2. The van der Waals surface area contributed by atoms with E-state index in [1.54, 1.807) is 30.5 Å². The molecule has 0 spiro atoms. The maximum absolute atomic E-state index is 11.6. The summed E-state index contributed by atoms with van der Waals surface area (Å²) in [5.74, 6) is 0.722. The first-order valence-electron chi connectivity index (χ1n) is 8.98. The summed E-state index contributed by atoms with van der Waals surface area (Å²) in [4.78, 5) is 16.2. The molecular formula is C23H24N2O3S. The van der Waals surface area contributed by atoms with Crippen molar-refractivity contribution >= 4 is 28.6 Å². The Morgan fingerprint density at radius 3 is 2.38 bits per heavy atom. The van der Waals surface area contributed by atoms with Crippen molar-refractivity contribution in [2.75, 3.05) is 0 Å². The van der Waals surface area contributed by atoms with E-state index in [9.17, 15) is 10.1 Å². The fraction of sp³-hybridized carbons (Fsp3) is 0.174. The predicted molar refractivity (Wildman–Crippen MR) is 123 cm³/mol. The first-order chi connectivity index (χ1) is 13.7. The Kier molecular flexibility index (Phi) is 7.56. The van der Waals surface area contributed by atoms with Gasteiger partial charge in [-0.2, -0.15) is 0 Å². The number of aryl methyl sites for hydroxylation is 1. The number of nitro benzene ring substituents is 1. The van der Waals surface area contributed by atoms with Gasteiger partial charge in [0.05, 0.1) is 4.92 Å². The minimum absolute atomic E-state index is 0.119. The SMILES string of the molecule is C=C(C)/C(C)=C(\N=C/C)SC(=C)c1ccc(Oc2ccc(C)cc2)c([N+](=O)[O-])c1. The smallest absolute Gasteiger partial charge is 0.312 e. The fourth-order valence-corrected chi connectivity index (χ4v) is 3.29. The fourth-order valence-electron chi connectivity index (χ4n) is 2.33. The van der Waals surface area contributed by atoms with E-state index in [0.29, 0.717) is 16.2 Å². The standard InChI is InChI=1S/C23H24N2O3S/c1-7-24-23(17(5)15(2)3)29-18(6)19-10-13-22(21(14-19)25(26)27)28-20-11-8-16(4)9-12-20/h7-14H,2,6H2,1,3-5H3/b23-17+,24-7-. The number of allylic oxidation sites excluding steroid dienone is 2. The van der Waals surface area contributed by atoms with Crippen molar-refractivity contribution in [2.45, 2.75) is 27.7 Å². The van der Waals surface area contributed by atoms with Gasteiger partial charge in [-0.05, 0) is 63.1 Å². The normalized spacial score (nSPS) is 11.9. The summed E-state index contributed by atoms with van der Waals surface area (Å²) in [5.41, 5.74) is 3.45. The number of benzene rings is 2. The Labute approximate surface area is 175 Å². The summed E-state index contributed by atoms with van der Waals surface area (Å²) in [6.45, 7) is 15.7. The largest absolute Gasteiger partial charge is 0.450 e. The summed E-state index contributed by atoms with van der Waals surface area (Å²) in [6.07, 6.45) is 1.70. The van der Waals surface area contributed by atoms with Crippen molar-refractivity contribution in [3.05, 3.63) is 93.0 Å². The van der Waals surface area contributed by atoms with Crippen LogP contribution < -0.4 is 4.74 Å². The molecule has 0 unspecified atom stereocenters. The summed E-state index contributed by atoms with van der Waals surface area (Å²) < 4.78 is 5.73. The highest BCUT2D eigenvalue weighted by Crippen LogP contribution is 2.39. The molecule has 0 N–H and O–H groups in total. The molecule has 0 aliphatic heterocycles. The molecule has 0 aliphatic rings. The average Bonchev–Trinajstić information content (AvgIpc) is 2.68. The quantitative estimate of drug-likeness (QED) is 0.199. The van der Waals surface area contributed by atoms with E-state index in [0.717, 1.165) is 21.7 Å². The molecule has 0 aliphatic carbocycles. The maximum atomic E-state index is 11.6. The number of ether oxygens (including phenoxy) is 1. The number of rotatable bonds is 8. The van der Waals surface area contributed by atoms with Gasteiger partial charge in [0.1, 0.15) is 10.8 Å². The van der Waals surface area contributed by atoms with Gasteiger partial charge in [0.2, 0.25) is 5.75 Å². The molecule has 0 bridgehead atoms. The summed E-state index contributed by atoms with van der Waals surface area (Å²) in [5, 5.41) is 12.4. The molecule has 150 valence electrons. The van der Waals surface area contributed by atoms with Gasteiger partial charge in [0.15, 0.2) is 0 Å². The van der Waals surface area contributed by atoms with Crippen molar-refractivity contribution in [1.29, 1.82) is 0 Å². The highest BCUT2D eigenvalue weighted by molar-refractivity contribution is 8.11. The van der Waals surface area contributed by atoms with Gasteiger partial charge in [-0.1, -0.05) is 48.2 Å². The lowest BCUT2D eigenvalue weighted by Gasteiger charge is -2.11. The third-order valence-electron chi connectivity index (χ3n) is 4.15. The third-order valence-corrected chi connectivity index (χ3v) is 5.24. The van der Waals surface area contributed by atoms with Crippen LogP contribution in [0.3, 0.4) is 0 Å². The van der Waals surface area contributed by atoms with Crippen molar-refractivity contribution in [2.24, 2.45) is 4.99 Å². The molecule has 0 heterocycles. The van der Waals surface area contributed by atoms with Gasteiger partial charge in [-0.3, -0.25) is 15.1 Å². The Hall–Kier alpha value is -3.12. The molecule has 0 saturated heterocycles. The number of nitrogens with zero attached hydrogens (tertiary/aromatic N) is 2. The molecule has 0 fully saturated rings. The van der Waals surface area contributed by atoms with Crippen molar-refractivity contribution in [3.63, 3.8) is 0 Å². The second-order valence-corrected chi connectivity index (χ2v) is 7.56. The third kappa shape index (κ3) is 5.93. The van der Waals surface area contributed by atoms with Gasteiger partial charge >= 0.3 is 5.69 Å². The van der Waals surface area contributed by atoms with Crippen LogP contribution >= 0.6 is 11.8 Å². The zero-order valence-electron chi connectivity index (χ0n) is 17.1. The maximum Gasteiger partial charge on any atom is 0.312 e. The summed E-state index contributed by atoms with van der Waals surface area (Å²) in [6, 6.07) is 12.2. The van der Waals surface area contributed by atoms with Gasteiger partial charge < -0.3 is 4.74 Å². The molecule has 2 rings (SSSR count). The molecule has 0 aromatic heterocycles. The minimum atomic E-state index is -0.453. The zero-order valence-corrected chi connectivity index (χ0v) is 17.9. The lowest BCUT2D eigenvalue weighted by molar-refractivity contribution is -0.385. The Bertz CT molecular complexity index is 1010. The monoisotopic (exact) mass is 408 g/mol. The minimum Gasteiger partial charge on any atom is -0.450 e. The first kappa shape index (κ1) is 22.2. The molecule has 0 saturated carbocycles. The van der Waals surface area contributed by atoms with Crippen LogP contribution in [0.15, 0.2) is 76.8 Å². The van der Waals surface area contributed by atoms with Crippen molar-refractivity contribution in [3.8, 4) is 11.5 Å². The van der Waals surface area contributed by atoms with Crippen LogP contribution in [0.2, 0.25) is 0 Å². The van der Waals surface area contributed by atoms with Crippen LogP contribution in [0.5, 0.6) is 11.5 Å². The van der Waals surface area contributed by atoms with E-state index in [2.05, 4.69) is 18.2 Å². The van der Waals surface area contributed by atoms with Crippen LogP contribution in [0.4, 0.5) is 5.69 Å². The van der Waals surface area contributed by atoms with E-state index >= 15 is 0 Å². The zero-order chi connectivity index (χ0) is 21.6. The van der Waals surface area contributed by atoms with Crippen LogP contribution in [0, 0.1) is 17.0 Å². The average molecular weight is 409 g/mol. The summed E-state index contributed by atoms with van der Waals surface area (Å²) >= 11 is 1.35. The molecule has 0 amide bonds. The number of thioether (sulfide) groups is 1. The Balaban J connectivity index is 2.34. The molecule has 0 atom stereocenters. The first-order valence-corrected chi connectivity index (χ1v) is 9.80. The topological polar surface area (TPSA) is 64.7 Å². The van der Waals surface area contributed by atoms with Gasteiger partial charge in [0.25, 0.3) is 0 Å². The second-order valence-electron chi connectivity index (χ2n) is 6.48. The van der Waals surface area contributed by atoms with Gasteiger partial charge in [0, 0.05) is 17.2 Å². The van der Waals surface area contributed by atoms with Crippen LogP contribution in [0.1, 0.15) is 31.9 Å². The number of aliphatic imine (C=N–C) groups is 1. The van der Waals surface area contributed by atoms with Crippen LogP contribution in [-0.4, -0.2) is 11.1 Å². The van der Waals surface area contributed by atoms with Crippen molar-refractivity contribution in [1.82, 2.24) is 0 Å². The highest BCUT2D eigenvalue weighted by Gasteiger charge is 2.19. The van der Waals surface area contributed by atoms with Crippen LogP contribution in [0.25, 0.3) is 4.91 Å². The van der Waals surface area contributed by atoms with Crippen LogP contribution in [-0.2, 0) is 0 Å². The molecular weight excluding hydrogens is 384 g/mol. The molecule has 0 radical (unpaired) electrons. The molecule has 6 heteroatoms. The Morgan fingerprint density at radius 2 is 1.83 bits per heavy atom. The van der Waals surface area contributed by atoms with Crippen molar-refractivity contribution < 1.29 is 9.66 Å². The molecule has 5 nitrogen and oxygen atoms in total. The number of hydrogen-bond donors (Lipinski definition) is 0. The summed E-state index contributed by atoms with van der Waals surface area (Å²) in [7, 11) is 0. The van der Waals surface area contributed by atoms with Gasteiger partial charge in [-0.15, -0.1) is 0 Å². The van der Waals surface area contributed by atoms with E-state index in [-0.39, 0.29) is 11.4 Å². The molecule has 29 heavy (non-hydrogen) atoms. The van der Waals surface area contributed by atoms with Gasteiger partial charge in [-0.25, -0.2) is 0 Å². The molecule has 2 aromatic carbocycles. The highest BCUT2D eigenvalue weighted by atomic mass is 32.2. The molecule has 2 aromatic rings. The predicted octanol–water partition coefficient (Wildman–Crippen LogP) is 7.30. The van der Waals surface area contributed by atoms with E-state index in [1.807, 2.05) is 39.8 Å². The van der Waals surface area contributed by atoms with E-state index in [4.69, 9.17) is 4.74 Å². The number of nitro groups is 1.